The topological polar surface area (TPSA) is 80.5 Å². The van der Waals surface area contributed by atoms with Gasteiger partial charge < -0.3 is 14.6 Å². The van der Waals surface area contributed by atoms with E-state index in [1.807, 2.05) is 31.2 Å². The summed E-state index contributed by atoms with van der Waals surface area (Å²) in [5.74, 6) is 1.55. The SMILES string of the molecule is Cc1ccc(OCCNC(=O)C2CCN(Cc3nc(-c4ccc(F)cc4)no3)CC2)cc1. The van der Waals surface area contributed by atoms with Crippen molar-refractivity contribution in [1.82, 2.24) is 20.4 Å². The Labute approximate surface area is 186 Å². The van der Waals surface area contributed by atoms with E-state index >= 15 is 0 Å². The lowest BCUT2D eigenvalue weighted by molar-refractivity contribution is -0.126. The first kappa shape index (κ1) is 22.0. The molecule has 1 saturated heterocycles. The molecule has 1 fully saturated rings. The monoisotopic (exact) mass is 438 g/mol. The van der Waals surface area contributed by atoms with E-state index in [9.17, 15) is 9.18 Å². The van der Waals surface area contributed by atoms with Crippen molar-refractivity contribution in [3.05, 3.63) is 65.8 Å². The molecule has 8 heteroatoms. The molecular formula is C24H27FN4O3. The average Bonchev–Trinajstić information content (AvgIpc) is 3.27. The molecule has 1 N–H and O–H groups in total. The summed E-state index contributed by atoms with van der Waals surface area (Å²) in [4.78, 5) is 19.1. The molecular weight excluding hydrogens is 411 g/mol. The lowest BCUT2D eigenvalue weighted by atomic mass is 9.96. The highest BCUT2D eigenvalue weighted by molar-refractivity contribution is 5.78. The van der Waals surface area contributed by atoms with E-state index in [0.29, 0.717) is 37.0 Å². The van der Waals surface area contributed by atoms with E-state index in [1.54, 1.807) is 12.1 Å². The average molecular weight is 439 g/mol. The van der Waals surface area contributed by atoms with Crippen LogP contribution in [-0.4, -0.2) is 47.2 Å². The minimum absolute atomic E-state index is 0.00286. The molecule has 7 nitrogen and oxygen atoms in total. The van der Waals surface area contributed by atoms with Gasteiger partial charge in [0.05, 0.1) is 13.1 Å². The predicted molar refractivity (Wildman–Crippen MR) is 117 cm³/mol. The summed E-state index contributed by atoms with van der Waals surface area (Å²) in [6.07, 6.45) is 1.56. The summed E-state index contributed by atoms with van der Waals surface area (Å²) in [6, 6.07) is 13.8. The zero-order valence-electron chi connectivity index (χ0n) is 18.1. The van der Waals surface area contributed by atoms with E-state index in [1.165, 1.54) is 17.7 Å². The van der Waals surface area contributed by atoms with Gasteiger partial charge in [0.25, 0.3) is 0 Å². The third kappa shape index (κ3) is 5.91. The highest BCUT2D eigenvalue weighted by Gasteiger charge is 2.25. The third-order valence-corrected chi connectivity index (χ3v) is 5.58. The second-order valence-corrected chi connectivity index (χ2v) is 8.02. The van der Waals surface area contributed by atoms with E-state index in [-0.39, 0.29) is 17.6 Å². The first-order valence-corrected chi connectivity index (χ1v) is 10.8. The maximum Gasteiger partial charge on any atom is 0.241 e. The number of aryl methyl sites for hydroxylation is 1. The van der Waals surface area contributed by atoms with Crippen LogP contribution in [0.25, 0.3) is 11.4 Å². The van der Waals surface area contributed by atoms with Gasteiger partial charge in [0.2, 0.25) is 17.6 Å². The summed E-state index contributed by atoms with van der Waals surface area (Å²) < 4.78 is 24.1. The van der Waals surface area contributed by atoms with Crippen molar-refractivity contribution >= 4 is 5.91 Å². The van der Waals surface area contributed by atoms with Crippen LogP contribution in [0, 0.1) is 18.7 Å². The summed E-state index contributed by atoms with van der Waals surface area (Å²) in [7, 11) is 0. The number of aromatic nitrogens is 2. The lowest BCUT2D eigenvalue weighted by Gasteiger charge is -2.30. The molecule has 0 bridgehead atoms. The van der Waals surface area contributed by atoms with Crippen LogP contribution in [-0.2, 0) is 11.3 Å². The molecule has 0 unspecified atom stereocenters. The van der Waals surface area contributed by atoms with Crippen molar-refractivity contribution in [2.24, 2.45) is 5.92 Å². The first-order chi connectivity index (χ1) is 15.6. The zero-order chi connectivity index (χ0) is 22.3. The largest absolute Gasteiger partial charge is 0.492 e. The van der Waals surface area contributed by atoms with E-state index in [4.69, 9.17) is 9.26 Å². The fourth-order valence-electron chi connectivity index (χ4n) is 3.70. The maximum absolute atomic E-state index is 13.1. The maximum atomic E-state index is 13.1. The van der Waals surface area contributed by atoms with Crippen LogP contribution in [0.15, 0.2) is 53.1 Å². The molecule has 0 spiro atoms. The summed E-state index contributed by atoms with van der Waals surface area (Å²) in [5, 5.41) is 6.96. The van der Waals surface area contributed by atoms with Gasteiger partial charge >= 0.3 is 0 Å². The number of likely N-dealkylation sites (tertiary alicyclic amines) is 1. The van der Waals surface area contributed by atoms with Crippen LogP contribution < -0.4 is 10.1 Å². The number of carbonyl (C=O) groups is 1. The van der Waals surface area contributed by atoms with Gasteiger partial charge in [-0.3, -0.25) is 9.69 Å². The van der Waals surface area contributed by atoms with Gasteiger partial charge in [0, 0.05) is 11.5 Å². The lowest BCUT2D eigenvalue weighted by Crippen LogP contribution is -2.41. The molecule has 32 heavy (non-hydrogen) atoms. The Hall–Kier alpha value is -3.26. The minimum Gasteiger partial charge on any atom is -0.492 e. The fourth-order valence-corrected chi connectivity index (χ4v) is 3.70. The number of nitrogens with zero attached hydrogens (tertiary/aromatic N) is 3. The van der Waals surface area contributed by atoms with Crippen molar-refractivity contribution in [3.63, 3.8) is 0 Å². The summed E-state index contributed by atoms with van der Waals surface area (Å²) >= 11 is 0. The van der Waals surface area contributed by atoms with Crippen molar-refractivity contribution in [3.8, 4) is 17.1 Å². The molecule has 2 aromatic carbocycles. The Kier molecular flexibility index (Phi) is 7.11. The van der Waals surface area contributed by atoms with Crippen molar-refractivity contribution < 1.29 is 18.4 Å². The Bertz CT molecular complexity index is 1010. The number of carbonyl (C=O) groups excluding carboxylic acids is 1. The predicted octanol–water partition coefficient (Wildman–Crippen LogP) is 3.59. The smallest absolute Gasteiger partial charge is 0.241 e. The molecule has 168 valence electrons. The number of hydrogen-bond donors (Lipinski definition) is 1. The Balaban J connectivity index is 1.17. The number of benzene rings is 2. The van der Waals surface area contributed by atoms with Gasteiger partial charge in [-0.05, 0) is 69.3 Å². The van der Waals surface area contributed by atoms with Crippen LogP contribution in [0.1, 0.15) is 24.3 Å². The summed E-state index contributed by atoms with van der Waals surface area (Å²) in [6.45, 7) is 5.07. The van der Waals surface area contributed by atoms with E-state index in [0.717, 1.165) is 31.7 Å². The Morgan fingerprint density at radius 3 is 2.59 bits per heavy atom. The van der Waals surface area contributed by atoms with Crippen molar-refractivity contribution in [2.75, 3.05) is 26.2 Å². The molecule has 4 rings (SSSR count). The Morgan fingerprint density at radius 2 is 1.88 bits per heavy atom. The molecule has 0 radical (unpaired) electrons. The molecule has 1 aliphatic rings. The number of piperidine rings is 1. The van der Waals surface area contributed by atoms with E-state index in [2.05, 4.69) is 20.4 Å². The second-order valence-electron chi connectivity index (χ2n) is 8.02. The molecule has 2 heterocycles. The number of nitrogens with one attached hydrogen (secondary N) is 1. The molecule has 1 aromatic heterocycles. The number of amides is 1. The fraction of sp³-hybridized carbons (Fsp3) is 0.375. The Morgan fingerprint density at radius 1 is 1.16 bits per heavy atom. The minimum atomic E-state index is -0.303. The first-order valence-electron chi connectivity index (χ1n) is 10.8. The van der Waals surface area contributed by atoms with E-state index < -0.39 is 0 Å². The van der Waals surface area contributed by atoms with Crippen molar-refractivity contribution in [1.29, 1.82) is 0 Å². The zero-order valence-corrected chi connectivity index (χ0v) is 18.1. The molecule has 1 aliphatic heterocycles. The number of rotatable bonds is 8. The standard InChI is InChI=1S/C24H27FN4O3/c1-17-2-8-21(9-3-17)31-15-12-26-24(30)19-10-13-29(14-11-19)16-22-27-23(28-32-22)18-4-6-20(25)7-5-18/h2-9,19H,10-16H2,1H3,(H,26,30). The third-order valence-electron chi connectivity index (χ3n) is 5.58. The van der Waals surface area contributed by atoms with Crippen LogP contribution >= 0.6 is 0 Å². The van der Waals surface area contributed by atoms with Gasteiger partial charge in [-0.15, -0.1) is 0 Å². The number of hydrogen-bond acceptors (Lipinski definition) is 6. The van der Waals surface area contributed by atoms with Crippen LogP contribution in [0.3, 0.4) is 0 Å². The molecule has 1 amide bonds. The van der Waals surface area contributed by atoms with Crippen molar-refractivity contribution in [2.45, 2.75) is 26.3 Å². The summed E-state index contributed by atoms with van der Waals surface area (Å²) in [5.41, 5.74) is 1.90. The van der Waals surface area contributed by atoms with Crippen LogP contribution in [0.5, 0.6) is 5.75 Å². The van der Waals surface area contributed by atoms with Gasteiger partial charge in [-0.2, -0.15) is 4.98 Å². The van der Waals surface area contributed by atoms with Gasteiger partial charge in [-0.25, -0.2) is 4.39 Å². The quantitative estimate of drug-likeness (QED) is 0.542. The van der Waals surface area contributed by atoms with Crippen LogP contribution in [0.2, 0.25) is 0 Å². The van der Waals surface area contributed by atoms with Gasteiger partial charge in [-0.1, -0.05) is 22.9 Å². The highest BCUT2D eigenvalue weighted by atomic mass is 19.1. The van der Waals surface area contributed by atoms with Crippen LogP contribution in [0.4, 0.5) is 4.39 Å². The number of halogens is 1. The van der Waals surface area contributed by atoms with Gasteiger partial charge in [0.1, 0.15) is 18.2 Å². The molecule has 0 aliphatic carbocycles. The normalized spacial score (nSPS) is 14.9. The highest BCUT2D eigenvalue weighted by Crippen LogP contribution is 2.21. The molecule has 0 saturated carbocycles. The van der Waals surface area contributed by atoms with Gasteiger partial charge in [0.15, 0.2) is 0 Å². The number of ether oxygens (including phenoxy) is 1. The molecule has 0 atom stereocenters. The molecule has 3 aromatic rings. The second kappa shape index (κ2) is 10.4.